The molecule has 0 aliphatic carbocycles. The van der Waals surface area contributed by atoms with Crippen molar-refractivity contribution in [2.75, 3.05) is 0 Å². The van der Waals surface area contributed by atoms with Crippen LogP contribution in [-0.2, 0) is 6.42 Å². The number of carboxylic acid groups (broad SMARTS) is 1. The summed E-state index contributed by atoms with van der Waals surface area (Å²) in [6.07, 6.45) is 5.16. The van der Waals surface area contributed by atoms with Gasteiger partial charge in [0.2, 0.25) is 0 Å². The zero-order valence-corrected chi connectivity index (χ0v) is 15.6. The van der Waals surface area contributed by atoms with E-state index in [0.717, 1.165) is 23.2 Å². The zero-order valence-electron chi connectivity index (χ0n) is 15.6. The Kier molecular flexibility index (Phi) is 5.87. The molecule has 0 aliphatic heterocycles. The largest absolute Gasteiger partial charge is 0.478 e. The lowest BCUT2D eigenvalue weighted by Gasteiger charge is -2.03. The Hall–Kier alpha value is -3.14. The molecule has 1 aromatic heterocycles. The summed E-state index contributed by atoms with van der Waals surface area (Å²) >= 11 is 0. The summed E-state index contributed by atoms with van der Waals surface area (Å²) in [5.41, 5.74) is 3.93. The molecule has 0 aliphatic rings. The van der Waals surface area contributed by atoms with Crippen LogP contribution in [0.3, 0.4) is 0 Å². The van der Waals surface area contributed by atoms with E-state index in [4.69, 9.17) is 4.42 Å². The summed E-state index contributed by atoms with van der Waals surface area (Å²) in [4.78, 5) is 15.8. The SMILES string of the molecule is CCCCc1ccc(N=Cc2ccc(-c3ccc(C)c(C(=O)O)c3)o2)cc1. The Bertz CT molecular complexity index is 952. The minimum absolute atomic E-state index is 0.280. The lowest BCUT2D eigenvalue weighted by molar-refractivity contribution is 0.0696. The number of furan rings is 1. The third-order valence-corrected chi connectivity index (χ3v) is 4.48. The smallest absolute Gasteiger partial charge is 0.335 e. The molecule has 1 N–H and O–H groups in total. The molecule has 4 heteroatoms. The van der Waals surface area contributed by atoms with Crippen LogP contribution in [-0.4, -0.2) is 17.3 Å². The molecule has 2 aromatic carbocycles. The molecule has 1 heterocycles. The average Bonchev–Trinajstić information content (AvgIpc) is 3.14. The quantitative estimate of drug-likeness (QED) is 0.521. The highest BCUT2D eigenvalue weighted by atomic mass is 16.4. The number of unbranched alkanes of at least 4 members (excludes halogenated alkanes) is 1. The molecule has 3 aromatic rings. The van der Waals surface area contributed by atoms with E-state index in [1.54, 1.807) is 25.3 Å². The highest BCUT2D eigenvalue weighted by Gasteiger charge is 2.11. The number of benzene rings is 2. The van der Waals surface area contributed by atoms with E-state index >= 15 is 0 Å². The Morgan fingerprint density at radius 1 is 1.11 bits per heavy atom. The predicted octanol–water partition coefficient (Wildman–Crippen LogP) is 6.05. The number of nitrogens with zero attached hydrogens (tertiary/aromatic N) is 1. The molecule has 0 saturated heterocycles. The number of aryl methyl sites for hydroxylation is 2. The number of aromatic carboxylic acids is 1. The van der Waals surface area contributed by atoms with E-state index in [1.807, 2.05) is 30.3 Å². The number of aliphatic imine (C=N–C) groups is 1. The molecular weight excluding hydrogens is 338 g/mol. The van der Waals surface area contributed by atoms with Crippen LogP contribution in [0.4, 0.5) is 5.69 Å². The molecule has 0 fully saturated rings. The van der Waals surface area contributed by atoms with E-state index < -0.39 is 5.97 Å². The van der Waals surface area contributed by atoms with Crippen LogP contribution in [0.2, 0.25) is 0 Å². The molecule has 0 radical (unpaired) electrons. The summed E-state index contributed by atoms with van der Waals surface area (Å²) < 4.78 is 5.80. The first-order valence-corrected chi connectivity index (χ1v) is 9.14. The molecule has 0 atom stereocenters. The van der Waals surface area contributed by atoms with Gasteiger partial charge < -0.3 is 9.52 Å². The fourth-order valence-corrected chi connectivity index (χ4v) is 2.85. The molecule has 0 bridgehead atoms. The van der Waals surface area contributed by atoms with Crippen LogP contribution >= 0.6 is 0 Å². The molecule has 0 amide bonds. The van der Waals surface area contributed by atoms with Crippen molar-refractivity contribution in [3.05, 3.63) is 77.0 Å². The molecule has 0 unspecified atom stereocenters. The van der Waals surface area contributed by atoms with Gasteiger partial charge in [-0.05, 0) is 61.2 Å². The van der Waals surface area contributed by atoms with Gasteiger partial charge in [-0.1, -0.05) is 37.6 Å². The second kappa shape index (κ2) is 8.49. The van der Waals surface area contributed by atoms with Crippen LogP contribution in [0, 0.1) is 6.92 Å². The monoisotopic (exact) mass is 361 g/mol. The van der Waals surface area contributed by atoms with Crippen molar-refractivity contribution in [1.29, 1.82) is 0 Å². The summed E-state index contributed by atoms with van der Waals surface area (Å²) in [5.74, 6) is 0.302. The van der Waals surface area contributed by atoms with Crippen molar-refractivity contribution >= 4 is 17.9 Å². The van der Waals surface area contributed by atoms with Crippen LogP contribution in [0.25, 0.3) is 11.3 Å². The lowest BCUT2D eigenvalue weighted by atomic mass is 10.0. The van der Waals surface area contributed by atoms with Gasteiger partial charge in [0.05, 0.1) is 17.5 Å². The highest BCUT2D eigenvalue weighted by molar-refractivity contribution is 5.91. The topological polar surface area (TPSA) is 62.8 Å². The normalized spacial score (nSPS) is 11.2. The van der Waals surface area contributed by atoms with Crippen molar-refractivity contribution in [2.45, 2.75) is 33.1 Å². The maximum Gasteiger partial charge on any atom is 0.335 e. The fraction of sp³-hybridized carbons (Fsp3) is 0.217. The zero-order chi connectivity index (χ0) is 19.2. The molecule has 0 saturated carbocycles. The summed E-state index contributed by atoms with van der Waals surface area (Å²) in [5, 5.41) is 9.27. The van der Waals surface area contributed by atoms with Gasteiger partial charge in [-0.3, -0.25) is 4.99 Å². The van der Waals surface area contributed by atoms with E-state index in [0.29, 0.717) is 11.5 Å². The Labute approximate surface area is 159 Å². The first-order chi connectivity index (χ1) is 13.1. The van der Waals surface area contributed by atoms with Gasteiger partial charge >= 0.3 is 5.97 Å². The lowest BCUT2D eigenvalue weighted by Crippen LogP contribution is -1.99. The second-order valence-corrected chi connectivity index (χ2v) is 6.57. The van der Waals surface area contributed by atoms with Crippen molar-refractivity contribution in [1.82, 2.24) is 0 Å². The average molecular weight is 361 g/mol. The Balaban J connectivity index is 1.73. The van der Waals surface area contributed by atoms with Gasteiger partial charge in [0.25, 0.3) is 0 Å². The third-order valence-electron chi connectivity index (χ3n) is 4.48. The minimum Gasteiger partial charge on any atom is -0.478 e. The van der Waals surface area contributed by atoms with E-state index in [2.05, 4.69) is 24.0 Å². The Morgan fingerprint density at radius 2 is 1.89 bits per heavy atom. The van der Waals surface area contributed by atoms with Crippen LogP contribution in [0.15, 0.2) is 64.0 Å². The van der Waals surface area contributed by atoms with Gasteiger partial charge in [0.1, 0.15) is 11.5 Å². The van der Waals surface area contributed by atoms with Crippen molar-refractivity contribution in [3.63, 3.8) is 0 Å². The fourth-order valence-electron chi connectivity index (χ4n) is 2.85. The molecular formula is C23H23NO3. The number of hydrogen-bond donors (Lipinski definition) is 1. The maximum absolute atomic E-state index is 11.3. The standard InChI is InChI=1S/C23H23NO3/c1-3-4-5-17-7-10-19(11-8-17)24-15-20-12-13-22(27-20)18-9-6-16(2)21(14-18)23(25)26/h6-15H,3-5H2,1-2H3,(H,25,26). The van der Waals surface area contributed by atoms with Gasteiger partial charge in [0.15, 0.2) is 0 Å². The van der Waals surface area contributed by atoms with Gasteiger partial charge in [-0.15, -0.1) is 0 Å². The van der Waals surface area contributed by atoms with Crippen LogP contribution in [0.1, 0.15) is 47.0 Å². The second-order valence-electron chi connectivity index (χ2n) is 6.57. The van der Waals surface area contributed by atoms with E-state index in [1.165, 1.54) is 18.4 Å². The summed E-state index contributed by atoms with van der Waals surface area (Å²) in [6, 6.07) is 17.2. The highest BCUT2D eigenvalue weighted by Crippen LogP contribution is 2.25. The molecule has 4 nitrogen and oxygen atoms in total. The number of hydrogen-bond acceptors (Lipinski definition) is 3. The van der Waals surface area contributed by atoms with Crippen LogP contribution < -0.4 is 0 Å². The Morgan fingerprint density at radius 3 is 2.59 bits per heavy atom. The number of carboxylic acids is 1. The van der Waals surface area contributed by atoms with Crippen molar-refractivity contribution < 1.29 is 14.3 Å². The third kappa shape index (κ3) is 4.73. The van der Waals surface area contributed by atoms with E-state index in [9.17, 15) is 9.90 Å². The van der Waals surface area contributed by atoms with Crippen LogP contribution in [0.5, 0.6) is 0 Å². The van der Waals surface area contributed by atoms with Gasteiger partial charge in [0, 0.05) is 5.56 Å². The summed E-state index contributed by atoms with van der Waals surface area (Å²) in [6.45, 7) is 3.97. The minimum atomic E-state index is -0.940. The van der Waals surface area contributed by atoms with E-state index in [-0.39, 0.29) is 5.56 Å². The number of rotatable bonds is 7. The first-order valence-electron chi connectivity index (χ1n) is 9.14. The van der Waals surface area contributed by atoms with Gasteiger partial charge in [-0.2, -0.15) is 0 Å². The number of carbonyl (C=O) groups is 1. The van der Waals surface area contributed by atoms with Crippen molar-refractivity contribution in [2.24, 2.45) is 4.99 Å². The maximum atomic E-state index is 11.3. The molecule has 138 valence electrons. The van der Waals surface area contributed by atoms with Gasteiger partial charge in [-0.25, -0.2) is 4.79 Å². The molecule has 27 heavy (non-hydrogen) atoms. The predicted molar refractivity (Wildman–Crippen MR) is 108 cm³/mol. The molecule has 0 spiro atoms. The first kappa shape index (κ1) is 18.6. The molecule has 3 rings (SSSR count). The summed E-state index contributed by atoms with van der Waals surface area (Å²) in [7, 11) is 0. The van der Waals surface area contributed by atoms with Crippen molar-refractivity contribution in [3.8, 4) is 11.3 Å².